The van der Waals surface area contributed by atoms with E-state index in [4.69, 9.17) is 4.74 Å². The fourth-order valence-electron chi connectivity index (χ4n) is 0.833. The Kier molecular flexibility index (Phi) is 6.41. The van der Waals surface area contributed by atoms with E-state index in [1.807, 2.05) is 6.92 Å². The largest absolute Gasteiger partial charge is 0.381 e. The van der Waals surface area contributed by atoms with Crippen molar-refractivity contribution in [3.8, 4) is 11.8 Å². The van der Waals surface area contributed by atoms with Gasteiger partial charge in [0.15, 0.2) is 0 Å². The third-order valence-electron chi connectivity index (χ3n) is 1.62. The molecule has 0 aromatic heterocycles. The summed E-state index contributed by atoms with van der Waals surface area (Å²) in [5.41, 5.74) is 0. The van der Waals surface area contributed by atoms with Crippen molar-refractivity contribution < 1.29 is 9.53 Å². The summed E-state index contributed by atoms with van der Waals surface area (Å²) >= 11 is 0. The van der Waals surface area contributed by atoms with Crippen molar-refractivity contribution in [3.05, 3.63) is 0 Å². The molecule has 0 saturated heterocycles. The SMILES string of the molecule is CC#CCCC(=O)CC(C)OC. The number of ether oxygens (including phenoxy) is 1. The minimum Gasteiger partial charge on any atom is -0.381 e. The number of hydrogen-bond donors (Lipinski definition) is 0. The molecule has 2 heteroatoms. The van der Waals surface area contributed by atoms with Crippen molar-refractivity contribution in [3.63, 3.8) is 0 Å². The second-order valence-electron chi connectivity index (χ2n) is 2.72. The van der Waals surface area contributed by atoms with Crippen molar-refractivity contribution in [1.82, 2.24) is 0 Å². The first-order chi connectivity index (χ1) is 5.70. The minimum absolute atomic E-state index is 0.0343. The Morgan fingerprint density at radius 3 is 2.75 bits per heavy atom. The summed E-state index contributed by atoms with van der Waals surface area (Å²) in [6.45, 7) is 3.67. The van der Waals surface area contributed by atoms with Crippen LogP contribution in [0.25, 0.3) is 0 Å². The number of hydrogen-bond acceptors (Lipinski definition) is 2. The van der Waals surface area contributed by atoms with Gasteiger partial charge in [0, 0.05) is 26.4 Å². The van der Waals surface area contributed by atoms with Crippen LogP contribution in [0.15, 0.2) is 0 Å². The summed E-state index contributed by atoms with van der Waals surface area (Å²) in [4.78, 5) is 11.1. The Morgan fingerprint density at radius 2 is 2.25 bits per heavy atom. The zero-order valence-electron chi connectivity index (χ0n) is 8.02. The Bertz CT molecular complexity index is 186. The molecule has 1 unspecified atom stereocenters. The third-order valence-corrected chi connectivity index (χ3v) is 1.62. The number of methoxy groups -OCH3 is 1. The predicted octanol–water partition coefficient (Wildman–Crippen LogP) is 1.78. The highest BCUT2D eigenvalue weighted by Gasteiger charge is 2.06. The number of carbonyl (C=O) groups excluding carboxylic acids is 1. The normalized spacial score (nSPS) is 11.6. The van der Waals surface area contributed by atoms with E-state index in [1.165, 1.54) is 0 Å². The summed E-state index contributed by atoms with van der Waals surface area (Å²) in [5, 5.41) is 0. The number of carbonyl (C=O) groups is 1. The van der Waals surface area contributed by atoms with Gasteiger partial charge < -0.3 is 4.74 Å². The fraction of sp³-hybridized carbons (Fsp3) is 0.700. The molecule has 0 amide bonds. The molecule has 0 rings (SSSR count). The highest BCUT2D eigenvalue weighted by atomic mass is 16.5. The molecule has 2 nitrogen and oxygen atoms in total. The van der Waals surface area contributed by atoms with Crippen molar-refractivity contribution >= 4 is 5.78 Å². The van der Waals surface area contributed by atoms with Gasteiger partial charge in [0.2, 0.25) is 0 Å². The van der Waals surface area contributed by atoms with Crippen molar-refractivity contribution in [2.75, 3.05) is 7.11 Å². The van der Waals surface area contributed by atoms with Crippen LogP contribution in [-0.2, 0) is 9.53 Å². The molecule has 0 fully saturated rings. The van der Waals surface area contributed by atoms with E-state index in [2.05, 4.69) is 11.8 Å². The summed E-state index contributed by atoms with van der Waals surface area (Å²) in [7, 11) is 1.61. The van der Waals surface area contributed by atoms with Gasteiger partial charge in [0.1, 0.15) is 5.78 Å². The molecular weight excluding hydrogens is 152 g/mol. The van der Waals surface area contributed by atoms with E-state index in [1.54, 1.807) is 14.0 Å². The Balaban J connectivity index is 3.50. The predicted molar refractivity (Wildman–Crippen MR) is 48.8 cm³/mol. The first kappa shape index (κ1) is 11.2. The highest BCUT2D eigenvalue weighted by Crippen LogP contribution is 2.00. The number of Topliss-reactive ketones (excluding diaryl/α,β-unsaturated/α-hetero) is 1. The van der Waals surface area contributed by atoms with Crippen LogP contribution in [-0.4, -0.2) is 19.0 Å². The van der Waals surface area contributed by atoms with Gasteiger partial charge in [-0.2, -0.15) is 0 Å². The topological polar surface area (TPSA) is 26.3 Å². The molecule has 0 aromatic rings. The van der Waals surface area contributed by atoms with Crippen LogP contribution in [0.1, 0.15) is 33.1 Å². The zero-order valence-corrected chi connectivity index (χ0v) is 8.02. The monoisotopic (exact) mass is 168 g/mol. The lowest BCUT2D eigenvalue weighted by molar-refractivity contribution is -0.121. The van der Waals surface area contributed by atoms with Gasteiger partial charge in [0.25, 0.3) is 0 Å². The van der Waals surface area contributed by atoms with Gasteiger partial charge in [-0.1, -0.05) is 0 Å². The van der Waals surface area contributed by atoms with Gasteiger partial charge in [-0.3, -0.25) is 4.79 Å². The van der Waals surface area contributed by atoms with Crippen LogP contribution >= 0.6 is 0 Å². The molecule has 1 atom stereocenters. The molecule has 0 bridgehead atoms. The lowest BCUT2D eigenvalue weighted by Gasteiger charge is -2.06. The number of rotatable bonds is 5. The molecular formula is C10H16O2. The van der Waals surface area contributed by atoms with Gasteiger partial charge >= 0.3 is 0 Å². The molecule has 0 aliphatic carbocycles. The fourth-order valence-corrected chi connectivity index (χ4v) is 0.833. The van der Waals surface area contributed by atoms with Gasteiger partial charge in [-0.25, -0.2) is 0 Å². The van der Waals surface area contributed by atoms with E-state index < -0.39 is 0 Å². The van der Waals surface area contributed by atoms with Crippen molar-refractivity contribution in [2.45, 2.75) is 39.2 Å². The van der Waals surface area contributed by atoms with Crippen LogP contribution < -0.4 is 0 Å². The molecule has 0 radical (unpaired) electrons. The molecule has 0 heterocycles. The summed E-state index contributed by atoms with van der Waals surface area (Å²) in [6, 6.07) is 0. The quantitative estimate of drug-likeness (QED) is 0.585. The lowest BCUT2D eigenvalue weighted by Crippen LogP contribution is -2.11. The van der Waals surface area contributed by atoms with Crippen LogP contribution in [0.4, 0.5) is 0 Å². The first-order valence-corrected chi connectivity index (χ1v) is 4.14. The Morgan fingerprint density at radius 1 is 1.58 bits per heavy atom. The molecule has 0 aliphatic heterocycles. The third kappa shape index (κ3) is 5.94. The maximum absolute atomic E-state index is 11.1. The molecule has 0 aliphatic rings. The average molecular weight is 168 g/mol. The standard InChI is InChI=1S/C10H16O2/c1-4-5-6-7-10(11)8-9(2)12-3/h9H,6-8H2,1-3H3. The molecule has 0 saturated carbocycles. The summed E-state index contributed by atoms with van der Waals surface area (Å²) in [6.07, 6.45) is 1.76. The van der Waals surface area contributed by atoms with Gasteiger partial charge in [-0.05, 0) is 13.8 Å². The summed E-state index contributed by atoms with van der Waals surface area (Å²) in [5.74, 6) is 5.84. The zero-order chi connectivity index (χ0) is 9.40. The van der Waals surface area contributed by atoms with Crippen LogP contribution in [0.2, 0.25) is 0 Å². The number of ketones is 1. The summed E-state index contributed by atoms with van der Waals surface area (Å²) < 4.78 is 4.97. The van der Waals surface area contributed by atoms with E-state index in [0.717, 1.165) is 0 Å². The molecule has 0 N–H and O–H groups in total. The molecule has 12 heavy (non-hydrogen) atoms. The van der Waals surface area contributed by atoms with Crippen molar-refractivity contribution in [1.29, 1.82) is 0 Å². The molecule has 0 aromatic carbocycles. The smallest absolute Gasteiger partial charge is 0.136 e. The van der Waals surface area contributed by atoms with E-state index >= 15 is 0 Å². The minimum atomic E-state index is 0.0343. The average Bonchev–Trinajstić information content (AvgIpc) is 2.05. The first-order valence-electron chi connectivity index (χ1n) is 4.14. The second kappa shape index (κ2) is 6.87. The van der Waals surface area contributed by atoms with E-state index in [0.29, 0.717) is 19.3 Å². The maximum Gasteiger partial charge on any atom is 0.136 e. The Hall–Kier alpha value is -0.810. The Labute approximate surface area is 74.3 Å². The van der Waals surface area contributed by atoms with E-state index in [9.17, 15) is 4.79 Å². The maximum atomic E-state index is 11.1. The molecule has 68 valence electrons. The van der Waals surface area contributed by atoms with Crippen LogP contribution in [0.5, 0.6) is 0 Å². The van der Waals surface area contributed by atoms with Crippen LogP contribution in [0.3, 0.4) is 0 Å². The molecule has 0 spiro atoms. The second-order valence-corrected chi connectivity index (χ2v) is 2.72. The van der Waals surface area contributed by atoms with Gasteiger partial charge in [-0.15, -0.1) is 11.8 Å². The van der Waals surface area contributed by atoms with E-state index in [-0.39, 0.29) is 11.9 Å². The van der Waals surface area contributed by atoms with Crippen LogP contribution in [0, 0.1) is 11.8 Å². The van der Waals surface area contributed by atoms with Gasteiger partial charge in [0.05, 0.1) is 6.10 Å². The lowest BCUT2D eigenvalue weighted by atomic mass is 10.1. The highest BCUT2D eigenvalue weighted by molar-refractivity contribution is 5.79. The van der Waals surface area contributed by atoms with Crippen molar-refractivity contribution in [2.24, 2.45) is 0 Å².